The molecule has 0 aliphatic heterocycles. The molecule has 1 N–H and O–H groups in total. The van der Waals surface area contributed by atoms with Crippen molar-refractivity contribution < 1.29 is 23.7 Å². The molecule has 272 valence electrons. The van der Waals surface area contributed by atoms with Crippen LogP contribution in [0.5, 0.6) is 0 Å². The van der Waals surface area contributed by atoms with E-state index >= 15 is 0 Å². The molecule has 1 aliphatic carbocycles. The quantitative estimate of drug-likeness (QED) is 0.0539. The van der Waals surface area contributed by atoms with Crippen molar-refractivity contribution in [3.8, 4) is 0 Å². The van der Waals surface area contributed by atoms with Crippen LogP contribution in [0.3, 0.4) is 0 Å². The molecular formula is C38H73ClN2O5. The van der Waals surface area contributed by atoms with Gasteiger partial charge in [0, 0.05) is 38.5 Å². The number of aliphatic hydroxyl groups is 1. The van der Waals surface area contributed by atoms with Gasteiger partial charge in [0.25, 0.3) is 0 Å². The van der Waals surface area contributed by atoms with Crippen molar-refractivity contribution in [1.29, 1.82) is 0 Å². The van der Waals surface area contributed by atoms with Crippen LogP contribution < -0.4 is 0 Å². The summed E-state index contributed by atoms with van der Waals surface area (Å²) >= 11 is 5.13. The number of nitrogens with zero attached hydrogens (tertiary/aromatic N) is 2. The highest BCUT2D eigenvalue weighted by Gasteiger charge is 2.24. The van der Waals surface area contributed by atoms with Crippen LogP contribution in [0.25, 0.3) is 0 Å². The van der Waals surface area contributed by atoms with Crippen molar-refractivity contribution in [3.05, 3.63) is 0 Å². The van der Waals surface area contributed by atoms with Gasteiger partial charge in [0.05, 0.1) is 13.2 Å². The van der Waals surface area contributed by atoms with Crippen LogP contribution in [0, 0.1) is 5.92 Å². The van der Waals surface area contributed by atoms with Crippen LogP contribution in [-0.4, -0.2) is 78.8 Å². The van der Waals surface area contributed by atoms with E-state index in [-0.39, 0.29) is 18.5 Å². The molecule has 8 heteroatoms. The first-order valence-electron chi connectivity index (χ1n) is 19.6. The fourth-order valence-electron chi connectivity index (χ4n) is 6.58. The second kappa shape index (κ2) is 31.4. The standard InChI is InChI=1S/C38H73ClN2O5/c1-3-5-7-9-11-15-22-35(23-16-12-10-8-6-4-2)34-45-37(43)26-17-13-19-28-40(32-33-42)30-31-41(36-24-21-25-36)29-20-14-18-27-38(44)46-39/h35-36,42H,3-34H2,1-2H3. The molecule has 0 aromatic carbocycles. The highest BCUT2D eigenvalue weighted by Crippen LogP contribution is 2.25. The van der Waals surface area contributed by atoms with Crippen molar-refractivity contribution in [2.45, 2.75) is 180 Å². The molecule has 0 unspecified atom stereocenters. The van der Waals surface area contributed by atoms with Gasteiger partial charge in [0.15, 0.2) is 0 Å². The number of halogens is 1. The van der Waals surface area contributed by atoms with Crippen molar-refractivity contribution in [3.63, 3.8) is 0 Å². The first-order chi connectivity index (χ1) is 22.5. The predicted molar refractivity (Wildman–Crippen MR) is 192 cm³/mol. The lowest BCUT2D eigenvalue weighted by Gasteiger charge is -2.39. The number of carbonyl (C=O) groups excluding carboxylic acids is 2. The average Bonchev–Trinajstić information content (AvgIpc) is 3.03. The number of carbonyl (C=O) groups is 2. The number of unbranched alkanes of at least 4 members (excludes halogenated alkanes) is 14. The summed E-state index contributed by atoms with van der Waals surface area (Å²) in [6.07, 6.45) is 28.7. The maximum atomic E-state index is 12.6. The second-order valence-electron chi connectivity index (χ2n) is 13.9. The van der Waals surface area contributed by atoms with Crippen LogP contribution in [0.1, 0.15) is 174 Å². The first-order valence-corrected chi connectivity index (χ1v) is 19.9. The Bertz CT molecular complexity index is 693. The molecule has 0 saturated heterocycles. The van der Waals surface area contributed by atoms with E-state index in [9.17, 15) is 14.7 Å². The minimum Gasteiger partial charge on any atom is -0.465 e. The van der Waals surface area contributed by atoms with Gasteiger partial charge in [0.1, 0.15) is 11.9 Å². The predicted octanol–water partition coefficient (Wildman–Crippen LogP) is 9.61. The largest absolute Gasteiger partial charge is 0.465 e. The molecule has 1 fully saturated rings. The highest BCUT2D eigenvalue weighted by atomic mass is 35.5. The molecule has 1 saturated carbocycles. The van der Waals surface area contributed by atoms with Crippen molar-refractivity contribution >= 4 is 23.8 Å². The van der Waals surface area contributed by atoms with Gasteiger partial charge >= 0.3 is 11.9 Å². The Kier molecular flexibility index (Phi) is 29.4. The molecule has 0 aromatic heterocycles. The lowest BCUT2D eigenvalue weighted by Crippen LogP contribution is -2.45. The molecule has 0 atom stereocenters. The van der Waals surface area contributed by atoms with Crippen molar-refractivity contribution in [1.82, 2.24) is 9.80 Å². The Morgan fingerprint density at radius 1 is 0.674 bits per heavy atom. The van der Waals surface area contributed by atoms with Crippen molar-refractivity contribution in [2.24, 2.45) is 5.92 Å². The normalized spacial score (nSPS) is 13.5. The third kappa shape index (κ3) is 24.3. The zero-order chi connectivity index (χ0) is 33.5. The fourth-order valence-corrected chi connectivity index (χ4v) is 6.65. The number of hydrogen-bond donors (Lipinski definition) is 1. The van der Waals surface area contributed by atoms with Gasteiger partial charge in [-0.05, 0) is 70.4 Å². The summed E-state index contributed by atoms with van der Waals surface area (Å²) in [6.45, 7) is 9.97. The lowest BCUT2D eigenvalue weighted by atomic mass is 9.91. The van der Waals surface area contributed by atoms with E-state index in [1.807, 2.05) is 0 Å². The Hall–Kier alpha value is -0.890. The summed E-state index contributed by atoms with van der Waals surface area (Å²) in [5.41, 5.74) is 0. The molecule has 0 heterocycles. The summed E-state index contributed by atoms with van der Waals surface area (Å²) in [7, 11) is 0. The van der Waals surface area contributed by atoms with Crippen LogP contribution in [0.4, 0.5) is 0 Å². The van der Waals surface area contributed by atoms with Crippen LogP contribution in [-0.2, 0) is 18.6 Å². The zero-order valence-corrected chi connectivity index (χ0v) is 30.9. The molecule has 0 bridgehead atoms. The SMILES string of the molecule is CCCCCCCCC(CCCCCCCC)COC(=O)CCCCCN(CCO)CCN(CCCCCC(=O)OCl)C1CCC1. The van der Waals surface area contributed by atoms with Crippen molar-refractivity contribution in [2.75, 3.05) is 45.9 Å². The zero-order valence-electron chi connectivity index (χ0n) is 30.1. The van der Waals surface area contributed by atoms with Gasteiger partial charge in [-0.1, -0.05) is 110 Å². The third-order valence-electron chi connectivity index (χ3n) is 9.89. The minimum atomic E-state index is -0.347. The van der Waals surface area contributed by atoms with Crippen LogP contribution in [0.15, 0.2) is 0 Å². The van der Waals surface area contributed by atoms with Crippen LogP contribution >= 0.6 is 11.9 Å². The van der Waals surface area contributed by atoms with E-state index in [1.165, 1.54) is 109 Å². The van der Waals surface area contributed by atoms with E-state index in [2.05, 4.69) is 27.9 Å². The van der Waals surface area contributed by atoms with E-state index in [1.54, 1.807) is 0 Å². The van der Waals surface area contributed by atoms with E-state index in [0.29, 0.717) is 38.0 Å². The van der Waals surface area contributed by atoms with Crippen LogP contribution in [0.2, 0.25) is 0 Å². The maximum Gasteiger partial charge on any atom is 0.324 e. The van der Waals surface area contributed by atoms with Gasteiger partial charge < -0.3 is 14.1 Å². The molecule has 1 rings (SSSR count). The second-order valence-corrected chi connectivity index (χ2v) is 14.1. The molecule has 7 nitrogen and oxygen atoms in total. The number of aliphatic hydroxyl groups excluding tert-OH is 1. The van der Waals surface area contributed by atoms with Gasteiger partial charge in [-0.2, -0.15) is 0 Å². The molecule has 0 spiro atoms. The summed E-state index contributed by atoms with van der Waals surface area (Å²) < 4.78 is 10.0. The smallest absolute Gasteiger partial charge is 0.324 e. The van der Waals surface area contributed by atoms with E-state index in [0.717, 1.165) is 64.7 Å². The lowest BCUT2D eigenvalue weighted by molar-refractivity contribution is -0.145. The summed E-state index contributed by atoms with van der Waals surface area (Å²) in [5.74, 6) is 0.140. The molecule has 0 radical (unpaired) electrons. The molecule has 46 heavy (non-hydrogen) atoms. The Morgan fingerprint density at radius 2 is 1.22 bits per heavy atom. The van der Waals surface area contributed by atoms with E-state index < -0.39 is 0 Å². The highest BCUT2D eigenvalue weighted by molar-refractivity contribution is 6.13. The molecule has 0 aromatic rings. The van der Waals surface area contributed by atoms with Gasteiger partial charge in [-0.3, -0.25) is 19.4 Å². The maximum absolute atomic E-state index is 12.6. The minimum absolute atomic E-state index is 0.0289. The molecular weight excluding hydrogens is 600 g/mol. The number of ether oxygens (including phenoxy) is 1. The fraction of sp³-hybridized carbons (Fsp3) is 0.947. The first kappa shape index (κ1) is 43.1. The molecule has 1 aliphatic rings. The van der Waals surface area contributed by atoms with Gasteiger partial charge in [-0.15, -0.1) is 0 Å². The monoisotopic (exact) mass is 673 g/mol. The number of rotatable bonds is 34. The summed E-state index contributed by atoms with van der Waals surface area (Å²) in [4.78, 5) is 28.8. The Balaban J connectivity index is 2.30. The third-order valence-corrected chi connectivity index (χ3v) is 10.1. The molecule has 0 amide bonds. The average molecular weight is 673 g/mol. The van der Waals surface area contributed by atoms with E-state index in [4.69, 9.17) is 16.6 Å². The summed E-state index contributed by atoms with van der Waals surface area (Å²) in [5, 5.41) is 9.65. The Morgan fingerprint density at radius 3 is 1.76 bits per heavy atom. The topological polar surface area (TPSA) is 79.3 Å². The number of esters is 1. The van der Waals surface area contributed by atoms with Gasteiger partial charge in [-0.25, -0.2) is 0 Å². The van der Waals surface area contributed by atoms with Gasteiger partial charge in [0.2, 0.25) is 0 Å². The summed E-state index contributed by atoms with van der Waals surface area (Å²) in [6, 6.07) is 0.672. The Labute approximate surface area is 289 Å². The number of hydrogen-bond acceptors (Lipinski definition) is 7.